The molecule has 2 aromatic heterocycles. The molecule has 0 spiro atoms. The van der Waals surface area contributed by atoms with Crippen molar-refractivity contribution in [2.75, 3.05) is 7.05 Å². The highest BCUT2D eigenvalue weighted by molar-refractivity contribution is 7.89. The second-order valence-electron chi connectivity index (χ2n) is 3.80. The molecule has 0 fully saturated rings. The number of aromatic amines is 1. The Hall–Kier alpha value is -1.71. The van der Waals surface area contributed by atoms with E-state index >= 15 is 0 Å². The molecule has 0 saturated carbocycles. The molecule has 2 rings (SSSR count). The van der Waals surface area contributed by atoms with Crippen LogP contribution in [0.1, 0.15) is 16.2 Å². The molecule has 0 atom stereocenters. The predicted octanol–water partition coefficient (Wildman–Crippen LogP) is 0.990. The molecule has 0 aliphatic rings. The van der Waals surface area contributed by atoms with Gasteiger partial charge in [-0.3, -0.25) is 0 Å². The zero-order valence-corrected chi connectivity index (χ0v) is 11.5. The first-order chi connectivity index (χ1) is 8.91. The van der Waals surface area contributed by atoms with Gasteiger partial charge in [-0.05, 0) is 6.07 Å². The Balaban J connectivity index is 2.23. The van der Waals surface area contributed by atoms with Crippen LogP contribution in [-0.2, 0) is 16.6 Å². The molecule has 9 heteroatoms. The van der Waals surface area contributed by atoms with Crippen LogP contribution in [-0.4, -0.2) is 40.8 Å². The normalized spacial score (nSPS) is 11.9. The molecular formula is C10H11N3O4S2. The Morgan fingerprint density at radius 3 is 2.84 bits per heavy atom. The van der Waals surface area contributed by atoms with Crippen LogP contribution in [0.3, 0.4) is 0 Å². The van der Waals surface area contributed by atoms with E-state index in [1.54, 1.807) is 10.9 Å². The number of carboxylic acid groups (broad SMARTS) is 1. The number of carboxylic acids is 1. The molecule has 19 heavy (non-hydrogen) atoms. The van der Waals surface area contributed by atoms with E-state index in [4.69, 9.17) is 5.11 Å². The number of hydrogen-bond donors (Lipinski definition) is 2. The molecule has 2 aromatic rings. The van der Waals surface area contributed by atoms with Crippen LogP contribution in [0.5, 0.6) is 0 Å². The molecule has 2 heterocycles. The number of nitrogens with one attached hydrogen (secondary N) is 1. The van der Waals surface area contributed by atoms with Crippen molar-refractivity contribution in [1.29, 1.82) is 0 Å². The zero-order chi connectivity index (χ0) is 14.0. The Morgan fingerprint density at radius 2 is 2.32 bits per heavy atom. The summed E-state index contributed by atoms with van der Waals surface area (Å²) in [5.74, 6) is -1.20. The van der Waals surface area contributed by atoms with Gasteiger partial charge in [-0.2, -0.15) is 4.31 Å². The maximum atomic E-state index is 12.2. The summed E-state index contributed by atoms with van der Waals surface area (Å²) >= 11 is 1.38. The van der Waals surface area contributed by atoms with Gasteiger partial charge in [0.15, 0.2) is 0 Å². The average molecular weight is 301 g/mol. The van der Waals surface area contributed by atoms with Crippen LogP contribution < -0.4 is 0 Å². The van der Waals surface area contributed by atoms with Crippen molar-refractivity contribution < 1.29 is 18.3 Å². The van der Waals surface area contributed by atoms with Gasteiger partial charge >= 0.3 is 5.97 Å². The maximum absolute atomic E-state index is 12.2. The van der Waals surface area contributed by atoms with Crippen LogP contribution in [0, 0.1) is 0 Å². The fourth-order valence-corrected chi connectivity index (χ4v) is 3.14. The minimum Gasteiger partial charge on any atom is -0.477 e. The van der Waals surface area contributed by atoms with Crippen molar-refractivity contribution >= 4 is 27.3 Å². The summed E-state index contributed by atoms with van der Waals surface area (Å²) in [5.41, 5.74) is 2.10. The largest absolute Gasteiger partial charge is 0.477 e. The lowest BCUT2D eigenvalue weighted by Gasteiger charge is -2.14. The third-order valence-corrected chi connectivity index (χ3v) is 4.88. The summed E-state index contributed by atoms with van der Waals surface area (Å²) in [6.07, 6.45) is 1.16. The molecule has 7 nitrogen and oxygen atoms in total. The van der Waals surface area contributed by atoms with E-state index < -0.39 is 16.0 Å². The number of aromatic nitrogens is 2. The molecule has 0 amide bonds. The van der Waals surface area contributed by atoms with Crippen LogP contribution in [0.2, 0.25) is 0 Å². The van der Waals surface area contributed by atoms with Crippen molar-refractivity contribution in [1.82, 2.24) is 14.3 Å². The first-order valence-corrected chi connectivity index (χ1v) is 7.54. The number of rotatable bonds is 5. The van der Waals surface area contributed by atoms with Crippen LogP contribution in [0.4, 0.5) is 0 Å². The molecule has 0 unspecified atom stereocenters. The Morgan fingerprint density at radius 1 is 1.58 bits per heavy atom. The van der Waals surface area contributed by atoms with Gasteiger partial charge in [-0.25, -0.2) is 18.2 Å². The van der Waals surface area contributed by atoms with Gasteiger partial charge in [0.2, 0.25) is 10.0 Å². The van der Waals surface area contributed by atoms with E-state index in [0.29, 0.717) is 5.69 Å². The van der Waals surface area contributed by atoms with E-state index in [9.17, 15) is 13.2 Å². The molecule has 0 bridgehead atoms. The topological polar surface area (TPSA) is 103 Å². The Kier molecular flexibility index (Phi) is 3.69. The number of hydrogen-bond acceptors (Lipinski definition) is 5. The molecular weight excluding hydrogens is 290 g/mol. The molecule has 0 radical (unpaired) electrons. The first kappa shape index (κ1) is 13.7. The van der Waals surface area contributed by atoms with Crippen molar-refractivity contribution in [3.05, 3.63) is 34.5 Å². The minimum atomic E-state index is -3.72. The first-order valence-electron chi connectivity index (χ1n) is 5.16. The van der Waals surface area contributed by atoms with Gasteiger partial charge < -0.3 is 10.1 Å². The SMILES string of the molecule is CN(Cc1cscn1)S(=O)(=O)c1c[nH]c(C(=O)O)c1. The second-order valence-corrected chi connectivity index (χ2v) is 6.56. The van der Waals surface area contributed by atoms with Crippen molar-refractivity contribution in [2.45, 2.75) is 11.4 Å². The van der Waals surface area contributed by atoms with Crippen LogP contribution in [0.25, 0.3) is 0 Å². The van der Waals surface area contributed by atoms with Crippen LogP contribution in [0.15, 0.2) is 28.0 Å². The lowest BCUT2D eigenvalue weighted by Crippen LogP contribution is -2.26. The van der Waals surface area contributed by atoms with E-state index in [1.807, 2.05) is 0 Å². The van der Waals surface area contributed by atoms with Gasteiger partial charge in [0, 0.05) is 18.6 Å². The summed E-state index contributed by atoms with van der Waals surface area (Å²) in [7, 11) is -2.31. The Bertz CT molecular complexity index is 675. The number of aromatic carboxylic acids is 1. The molecule has 0 saturated heterocycles. The molecule has 0 aliphatic heterocycles. The van der Waals surface area contributed by atoms with Gasteiger partial charge in [-0.1, -0.05) is 0 Å². The molecule has 0 aromatic carbocycles. The van der Waals surface area contributed by atoms with Crippen molar-refractivity contribution in [3.8, 4) is 0 Å². The number of H-pyrrole nitrogens is 1. The molecule has 2 N–H and O–H groups in total. The lowest BCUT2D eigenvalue weighted by atomic mass is 10.4. The molecule has 0 aliphatic carbocycles. The highest BCUT2D eigenvalue weighted by atomic mass is 32.2. The number of sulfonamides is 1. The fourth-order valence-electron chi connectivity index (χ4n) is 1.46. The third-order valence-electron chi connectivity index (χ3n) is 2.46. The summed E-state index contributed by atoms with van der Waals surface area (Å²) in [6.45, 7) is 0.138. The highest BCUT2D eigenvalue weighted by Crippen LogP contribution is 2.17. The summed E-state index contributed by atoms with van der Waals surface area (Å²) in [6, 6.07) is 1.09. The quantitative estimate of drug-likeness (QED) is 0.857. The van der Waals surface area contributed by atoms with Gasteiger partial charge in [0.25, 0.3) is 0 Å². The lowest BCUT2D eigenvalue weighted by molar-refractivity contribution is 0.0691. The predicted molar refractivity (Wildman–Crippen MR) is 68.5 cm³/mol. The summed E-state index contributed by atoms with van der Waals surface area (Å²) in [5, 5.41) is 10.5. The zero-order valence-electron chi connectivity index (χ0n) is 9.90. The molecule has 102 valence electrons. The number of thiazole rings is 1. The summed E-state index contributed by atoms with van der Waals surface area (Å²) < 4.78 is 25.5. The van der Waals surface area contributed by atoms with Crippen LogP contribution >= 0.6 is 11.3 Å². The standard InChI is InChI=1S/C10H11N3O4S2/c1-13(4-7-5-18-6-12-7)19(16,17)8-2-9(10(14)15)11-3-8/h2-3,5-6,11H,4H2,1H3,(H,14,15). The van der Waals surface area contributed by atoms with Crippen molar-refractivity contribution in [2.24, 2.45) is 0 Å². The highest BCUT2D eigenvalue weighted by Gasteiger charge is 2.23. The van der Waals surface area contributed by atoms with E-state index in [2.05, 4.69) is 9.97 Å². The minimum absolute atomic E-state index is 0.0809. The van der Waals surface area contributed by atoms with Gasteiger partial charge in [0.05, 0.1) is 17.7 Å². The second kappa shape index (κ2) is 5.11. The van der Waals surface area contributed by atoms with Crippen molar-refractivity contribution in [3.63, 3.8) is 0 Å². The van der Waals surface area contributed by atoms with Gasteiger partial charge in [0.1, 0.15) is 10.6 Å². The van der Waals surface area contributed by atoms with E-state index in [1.165, 1.54) is 18.4 Å². The average Bonchev–Trinajstić information content (AvgIpc) is 2.99. The third kappa shape index (κ3) is 2.83. The number of carbonyl (C=O) groups is 1. The Labute approximate surface area is 113 Å². The maximum Gasteiger partial charge on any atom is 0.352 e. The van der Waals surface area contributed by atoms with E-state index in [-0.39, 0.29) is 17.1 Å². The monoisotopic (exact) mass is 301 g/mol. The smallest absolute Gasteiger partial charge is 0.352 e. The van der Waals surface area contributed by atoms with E-state index in [0.717, 1.165) is 16.6 Å². The fraction of sp³-hybridized carbons (Fsp3) is 0.200. The summed E-state index contributed by atoms with van der Waals surface area (Å²) in [4.78, 5) is 17.1. The number of nitrogens with zero attached hydrogens (tertiary/aromatic N) is 2. The van der Waals surface area contributed by atoms with Gasteiger partial charge in [-0.15, -0.1) is 11.3 Å².